The van der Waals surface area contributed by atoms with Gasteiger partial charge in [0.25, 0.3) is 0 Å². The predicted molar refractivity (Wildman–Crippen MR) is 86.2 cm³/mol. The molecule has 2 nitrogen and oxygen atoms in total. The molecule has 0 spiro atoms. The first-order valence-corrected chi connectivity index (χ1v) is 8.66. The van der Waals surface area contributed by atoms with Gasteiger partial charge in [-0.3, -0.25) is 4.79 Å². The van der Waals surface area contributed by atoms with Crippen molar-refractivity contribution >= 4 is 5.91 Å². The van der Waals surface area contributed by atoms with Crippen molar-refractivity contribution in [3.8, 4) is 0 Å². The summed E-state index contributed by atoms with van der Waals surface area (Å²) in [6.07, 6.45) is 10.9. The van der Waals surface area contributed by atoms with Gasteiger partial charge in [0.1, 0.15) is 0 Å². The van der Waals surface area contributed by atoms with Crippen LogP contribution in [0.5, 0.6) is 0 Å². The van der Waals surface area contributed by atoms with E-state index in [9.17, 15) is 4.79 Å². The van der Waals surface area contributed by atoms with Gasteiger partial charge in [-0.1, -0.05) is 37.5 Å². The quantitative estimate of drug-likeness (QED) is 0.880. The van der Waals surface area contributed by atoms with E-state index in [0.29, 0.717) is 0 Å². The highest BCUT2D eigenvalue weighted by atomic mass is 16.1. The predicted octanol–water partition coefficient (Wildman–Crippen LogP) is 4.32. The molecule has 3 rings (SSSR count). The molecule has 1 amide bonds. The molecule has 0 radical (unpaired) electrons. The fourth-order valence-electron chi connectivity index (χ4n) is 3.80. The van der Waals surface area contributed by atoms with E-state index in [1.807, 2.05) is 0 Å². The second-order valence-electron chi connectivity index (χ2n) is 6.80. The number of fused-ring (bicyclic) bond motifs is 1. The summed E-state index contributed by atoms with van der Waals surface area (Å²) in [7, 11) is 0. The molecule has 0 unspecified atom stereocenters. The van der Waals surface area contributed by atoms with Gasteiger partial charge in [-0.05, 0) is 62.1 Å². The summed E-state index contributed by atoms with van der Waals surface area (Å²) in [6, 6.07) is 6.93. The lowest BCUT2D eigenvalue weighted by molar-refractivity contribution is -0.126. The van der Waals surface area contributed by atoms with Crippen LogP contribution in [-0.4, -0.2) is 5.91 Å². The standard InChI is InChI=1S/C19H27NO/c1-14(20-19(21)16-8-3-2-4-9-16)17-12-11-15-7-5-6-10-18(15)13-17/h11-14,16H,2-10H2,1H3,(H,20,21)/t14-/m0/s1. The van der Waals surface area contributed by atoms with Crippen LogP contribution in [0, 0.1) is 5.92 Å². The van der Waals surface area contributed by atoms with Crippen LogP contribution >= 0.6 is 0 Å². The van der Waals surface area contributed by atoms with Crippen molar-refractivity contribution in [2.75, 3.05) is 0 Å². The first-order chi connectivity index (χ1) is 10.2. The number of aryl methyl sites for hydroxylation is 2. The summed E-state index contributed by atoms with van der Waals surface area (Å²) in [4.78, 5) is 12.4. The zero-order chi connectivity index (χ0) is 14.7. The molecule has 1 aromatic carbocycles. The van der Waals surface area contributed by atoms with Gasteiger partial charge in [0.05, 0.1) is 6.04 Å². The Morgan fingerprint density at radius 1 is 1.05 bits per heavy atom. The van der Waals surface area contributed by atoms with Gasteiger partial charge in [0.2, 0.25) is 5.91 Å². The van der Waals surface area contributed by atoms with Crippen molar-refractivity contribution in [1.82, 2.24) is 5.32 Å². The minimum absolute atomic E-state index is 0.131. The van der Waals surface area contributed by atoms with Crippen molar-refractivity contribution in [2.45, 2.75) is 70.8 Å². The summed E-state index contributed by atoms with van der Waals surface area (Å²) in [6.45, 7) is 2.12. The number of nitrogens with one attached hydrogen (secondary N) is 1. The lowest BCUT2D eigenvalue weighted by atomic mass is 9.87. The number of hydrogen-bond donors (Lipinski definition) is 1. The van der Waals surface area contributed by atoms with E-state index in [1.165, 1.54) is 61.6 Å². The van der Waals surface area contributed by atoms with Gasteiger partial charge < -0.3 is 5.32 Å². The smallest absolute Gasteiger partial charge is 0.223 e. The van der Waals surface area contributed by atoms with Gasteiger partial charge in [-0.2, -0.15) is 0 Å². The molecule has 0 bridgehead atoms. The topological polar surface area (TPSA) is 29.1 Å². The Bertz CT molecular complexity index is 502. The van der Waals surface area contributed by atoms with Crippen molar-refractivity contribution in [2.24, 2.45) is 5.92 Å². The summed E-state index contributed by atoms with van der Waals surface area (Å²) >= 11 is 0. The molecule has 21 heavy (non-hydrogen) atoms. The number of carbonyl (C=O) groups excluding carboxylic acids is 1. The van der Waals surface area contributed by atoms with Crippen LogP contribution in [0.3, 0.4) is 0 Å². The zero-order valence-electron chi connectivity index (χ0n) is 13.2. The molecule has 1 atom stereocenters. The molecule has 0 aromatic heterocycles. The largest absolute Gasteiger partial charge is 0.349 e. The van der Waals surface area contributed by atoms with Crippen molar-refractivity contribution in [3.05, 3.63) is 34.9 Å². The monoisotopic (exact) mass is 285 g/mol. The summed E-state index contributed by atoms with van der Waals surface area (Å²) in [5, 5.41) is 3.23. The Morgan fingerprint density at radius 3 is 2.52 bits per heavy atom. The highest BCUT2D eigenvalue weighted by Gasteiger charge is 2.22. The van der Waals surface area contributed by atoms with Gasteiger partial charge >= 0.3 is 0 Å². The number of benzene rings is 1. The van der Waals surface area contributed by atoms with Crippen molar-refractivity contribution in [1.29, 1.82) is 0 Å². The number of amides is 1. The number of hydrogen-bond acceptors (Lipinski definition) is 1. The molecule has 0 saturated heterocycles. The van der Waals surface area contributed by atoms with Crippen LogP contribution in [0.15, 0.2) is 18.2 Å². The van der Waals surface area contributed by atoms with Crippen LogP contribution in [0.2, 0.25) is 0 Å². The molecule has 0 aliphatic heterocycles. The van der Waals surface area contributed by atoms with E-state index in [2.05, 4.69) is 30.4 Å². The first-order valence-electron chi connectivity index (χ1n) is 8.66. The maximum atomic E-state index is 12.4. The lowest BCUT2D eigenvalue weighted by Crippen LogP contribution is -2.33. The second kappa shape index (κ2) is 6.64. The van der Waals surface area contributed by atoms with Gasteiger partial charge in [0.15, 0.2) is 0 Å². The summed E-state index contributed by atoms with van der Waals surface area (Å²) in [5.41, 5.74) is 4.27. The van der Waals surface area contributed by atoms with Crippen LogP contribution in [0.4, 0.5) is 0 Å². The molecule has 2 aliphatic carbocycles. The van der Waals surface area contributed by atoms with E-state index >= 15 is 0 Å². The Hall–Kier alpha value is -1.31. The third kappa shape index (κ3) is 3.48. The fraction of sp³-hybridized carbons (Fsp3) is 0.632. The maximum absolute atomic E-state index is 12.4. The molecule has 0 heterocycles. The van der Waals surface area contributed by atoms with E-state index in [-0.39, 0.29) is 17.9 Å². The molecule has 1 fully saturated rings. The summed E-state index contributed by atoms with van der Waals surface area (Å²) in [5.74, 6) is 0.513. The number of carbonyl (C=O) groups is 1. The first kappa shape index (κ1) is 14.6. The Kier molecular flexibility index (Phi) is 4.62. The molecular weight excluding hydrogens is 258 g/mol. The third-order valence-corrected chi connectivity index (χ3v) is 5.21. The lowest BCUT2D eigenvalue weighted by Gasteiger charge is -2.24. The molecule has 1 aromatic rings. The number of rotatable bonds is 3. The molecule has 2 heteroatoms. The van der Waals surface area contributed by atoms with Gasteiger partial charge in [0, 0.05) is 5.92 Å². The van der Waals surface area contributed by atoms with Crippen LogP contribution < -0.4 is 5.32 Å². The van der Waals surface area contributed by atoms with Crippen LogP contribution in [-0.2, 0) is 17.6 Å². The highest BCUT2D eigenvalue weighted by molar-refractivity contribution is 5.79. The molecular formula is C19H27NO. The SMILES string of the molecule is C[C@H](NC(=O)C1CCCCC1)c1ccc2c(c1)CCCC2. The van der Waals surface area contributed by atoms with E-state index in [4.69, 9.17) is 0 Å². The normalized spacial score (nSPS) is 20.6. The Morgan fingerprint density at radius 2 is 1.76 bits per heavy atom. The van der Waals surface area contributed by atoms with Gasteiger partial charge in [-0.25, -0.2) is 0 Å². The second-order valence-corrected chi connectivity index (χ2v) is 6.80. The minimum Gasteiger partial charge on any atom is -0.349 e. The van der Waals surface area contributed by atoms with Crippen molar-refractivity contribution in [3.63, 3.8) is 0 Å². The van der Waals surface area contributed by atoms with E-state index in [1.54, 1.807) is 0 Å². The molecule has 114 valence electrons. The average Bonchev–Trinajstić information content (AvgIpc) is 2.55. The maximum Gasteiger partial charge on any atom is 0.223 e. The minimum atomic E-state index is 0.131. The summed E-state index contributed by atoms with van der Waals surface area (Å²) < 4.78 is 0. The highest BCUT2D eigenvalue weighted by Crippen LogP contribution is 2.27. The van der Waals surface area contributed by atoms with Crippen LogP contribution in [0.1, 0.15) is 74.6 Å². The third-order valence-electron chi connectivity index (χ3n) is 5.21. The average molecular weight is 285 g/mol. The molecule has 2 aliphatic rings. The zero-order valence-corrected chi connectivity index (χ0v) is 13.2. The molecule has 1 saturated carbocycles. The molecule has 1 N–H and O–H groups in total. The van der Waals surface area contributed by atoms with Crippen molar-refractivity contribution < 1.29 is 4.79 Å². The van der Waals surface area contributed by atoms with E-state index in [0.717, 1.165) is 12.8 Å². The van der Waals surface area contributed by atoms with E-state index < -0.39 is 0 Å². The van der Waals surface area contributed by atoms with Gasteiger partial charge in [-0.15, -0.1) is 0 Å². The Balaban J connectivity index is 1.64. The Labute approximate surface area is 128 Å². The van der Waals surface area contributed by atoms with Crippen LogP contribution in [0.25, 0.3) is 0 Å². The fourth-order valence-corrected chi connectivity index (χ4v) is 3.80.